The molecule has 0 aliphatic carbocycles. The van der Waals surface area contributed by atoms with E-state index in [0.29, 0.717) is 0 Å². The van der Waals surface area contributed by atoms with Crippen LogP contribution in [0.3, 0.4) is 0 Å². The van der Waals surface area contributed by atoms with E-state index in [9.17, 15) is 9.59 Å². The highest BCUT2D eigenvalue weighted by molar-refractivity contribution is 5.97. The average molecular weight is 411 g/mol. The minimum Gasteiger partial charge on any atom is -0.496 e. The van der Waals surface area contributed by atoms with Crippen molar-refractivity contribution in [2.24, 2.45) is 0 Å². The number of nitrogens with one attached hydrogen (secondary N) is 2. The van der Waals surface area contributed by atoms with Crippen molar-refractivity contribution in [3.8, 4) is 5.75 Å². The van der Waals surface area contributed by atoms with Crippen LogP contribution in [0.2, 0.25) is 0 Å². The van der Waals surface area contributed by atoms with Crippen molar-refractivity contribution in [2.45, 2.75) is 19.5 Å². The van der Waals surface area contributed by atoms with Gasteiger partial charge in [0.25, 0.3) is 0 Å². The Hall–Kier alpha value is -2.90. The molecule has 2 aromatic rings. The lowest BCUT2D eigenvalue weighted by atomic mass is 10.0. The standard InChI is InChI=1S/C23H30N4O3/c1-17-9-10-20(30-3)19(15-17)16-26-11-13-27(14-12-26)21(18-7-5-4-6-8-18)22(28)25-23(29)24-2/h4-10,15,21H,11-14,16H2,1-3H3,(H2,24,25,28,29)/t21-/m0/s1. The summed E-state index contributed by atoms with van der Waals surface area (Å²) < 4.78 is 5.51. The third-order valence-corrected chi connectivity index (χ3v) is 5.43. The van der Waals surface area contributed by atoms with E-state index in [4.69, 9.17) is 4.74 Å². The highest BCUT2D eigenvalue weighted by atomic mass is 16.5. The van der Waals surface area contributed by atoms with Gasteiger partial charge in [-0.05, 0) is 18.6 Å². The van der Waals surface area contributed by atoms with Gasteiger partial charge in [-0.2, -0.15) is 0 Å². The number of benzene rings is 2. The fourth-order valence-corrected chi connectivity index (χ4v) is 3.86. The molecule has 1 saturated heterocycles. The number of amides is 3. The van der Waals surface area contributed by atoms with Gasteiger partial charge >= 0.3 is 6.03 Å². The second-order valence-electron chi connectivity index (χ2n) is 7.51. The zero-order valence-corrected chi connectivity index (χ0v) is 17.9. The van der Waals surface area contributed by atoms with Crippen molar-refractivity contribution in [2.75, 3.05) is 40.3 Å². The predicted octanol–water partition coefficient (Wildman–Crippen LogP) is 2.32. The Morgan fingerprint density at radius 2 is 1.77 bits per heavy atom. The lowest BCUT2D eigenvalue weighted by molar-refractivity contribution is -0.126. The summed E-state index contributed by atoms with van der Waals surface area (Å²) in [4.78, 5) is 29.1. The van der Waals surface area contributed by atoms with Crippen LogP contribution in [0.1, 0.15) is 22.7 Å². The molecule has 1 aliphatic heterocycles. The van der Waals surface area contributed by atoms with E-state index in [0.717, 1.165) is 44.0 Å². The normalized spacial score (nSPS) is 16.0. The van der Waals surface area contributed by atoms with Gasteiger partial charge in [0.1, 0.15) is 11.8 Å². The van der Waals surface area contributed by atoms with Gasteiger partial charge in [-0.25, -0.2) is 4.79 Å². The maximum absolute atomic E-state index is 12.9. The number of imide groups is 1. The molecule has 0 saturated carbocycles. The summed E-state index contributed by atoms with van der Waals surface area (Å²) in [6, 6.07) is 14.8. The predicted molar refractivity (Wildman–Crippen MR) is 116 cm³/mol. The number of rotatable bonds is 6. The van der Waals surface area contributed by atoms with Crippen LogP contribution < -0.4 is 15.4 Å². The fraction of sp³-hybridized carbons (Fsp3) is 0.391. The van der Waals surface area contributed by atoms with E-state index in [-0.39, 0.29) is 5.91 Å². The van der Waals surface area contributed by atoms with Crippen LogP contribution in [0.5, 0.6) is 5.75 Å². The molecule has 2 aromatic carbocycles. The van der Waals surface area contributed by atoms with Crippen LogP contribution in [-0.4, -0.2) is 62.1 Å². The first kappa shape index (κ1) is 21.8. The molecule has 3 amide bonds. The van der Waals surface area contributed by atoms with Crippen molar-refractivity contribution in [3.05, 3.63) is 65.2 Å². The van der Waals surface area contributed by atoms with Crippen LogP contribution in [-0.2, 0) is 11.3 Å². The van der Waals surface area contributed by atoms with Crippen molar-refractivity contribution in [1.29, 1.82) is 0 Å². The van der Waals surface area contributed by atoms with E-state index in [1.165, 1.54) is 18.2 Å². The second kappa shape index (κ2) is 10.2. The molecule has 1 fully saturated rings. The third kappa shape index (κ3) is 5.37. The van der Waals surface area contributed by atoms with Crippen molar-refractivity contribution in [1.82, 2.24) is 20.4 Å². The van der Waals surface area contributed by atoms with E-state index < -0.39 is 12.1 Å². The number of hydrogen-bond donors (Lipinski definition) is 2. The Morgan fingerprint density at radius 3 is 2.40 bits per heavy atom. The number of aryl methyl sites for hydroxylation is 1. The number of urea groups is 1. The van der Waals surface area contributed by atoms with Crippen LogP contribution in [0, 0.1) is 6.92 Å². The number of methoxy groups -OCH3 is 1. The van der Waals surface area contributed by atoms with E-state index in [1.54, 1.807) is 7.11 Å². The molecule has 7 heteroatoms. The second-order valence-corrected chi connectivity index (χ2v) is 7.51. The minimum absolute atomic E-state index is 0.311. The van der Waals surface area contributed by atoms with Crippen molar-refractivity contribution < 1.29 is 14.3 Å². The molecule has 3 rings (SSSR count). The summed E-state index contributed by atoms with van der Waals surface area (Å²) in [5, 5.41) is 4.88. The van der Waals surface area contributed by atoms with Crippen LogP contribution in [0.25, 0.3) is 0 Å². The van der Waals surface area contributed by atoms with Gasteiger partial charge in [-0.3, -0.25) is 19.9 Å². The maximum Gasteiger partial charge on any atom is 0.321 e. The smallest absolute Gasteiger partial charge is 0.321 e. The molecule has 0 bridgehead atoms. The Bertz CT molecular complexity index is 864. The number of carbonyl (C=O) groups is 2. The van der Waals surface area contributed by atoms with E-state index >= 15 is 0 Å². The van der Waals surface area contributed by atoms with Gasteiger partial charge in [-0.15, -0.1) is 0 Å². The fourth-order valence-electron chi connectivity index (χ4n) is 3.86. The quantitative estimate of drug-likeness (QED) is 0.765. The largest absolute Gasteiger partial charge is 0.496 e. The van der Waals surface area contributed by atoms with Gasteiger partial charge < -0.3 is 10.1 Å². The Kier molecular flexibility index (Phi) is 7.43. The summed E-state index contributed by atoms with van der Waals surface area (Å²) in [6.45, 7) is 6.00. The van der Waals surface area contributed by atoms with E-state index in [2.05, 4.69) is 39.5 Å². The molecular formula is C23H30N4O3. The SMILES string of the molecule is CNC(=O)NC(=O)[C@H](c1ccccc1)N1CCN(Cc2cc(C)ccc2OC)CC1. The van der Waals surface area contributed by atoms with E-state index in [1.807, 2.05) is 36.4 Å². The maximum atomic E-state index is 12.9. The molecule has 0 unspecified atom stereocenters. The molecule has 1 atom stereocenters. The van der Waals surface area contributed by atoms with Crippen LogP contribution in [0.4, 0.5) is 4.79 Å². The van der Waals surface area contributed by atoms with Gasteiger partial charge in [0.15, 0.2) is 0 Å². The highest BCUT2D eigenvalue weighted by Crippen LogP contribution is 2.25. The zero-order chi connectivity index (χ0) is 21.5. The highest BCUT2D eigenvalue weighted by Gasteiger charge is 2.31. The summed E-state index contributed by atoms with van der Waals surface area (Å²) >= 11 is 0. The van der Waals surface area contributed by atoms with Gasteiger partial charge in [0, 0.05) is 45.3 Å². The molecule has 160 valence electrons. The number of carbonyl (C=O) groups excluding carboxylic acids is 2. The molecule has 1 aliphatic rings. The minimum atomic E-state index is -0.501. The van der Waals surface area contributed by atoms with Gasteiger partial charge in [-0.1, -0.05) is 48.0 Å². The zero-order valence-electron chi connectivity index (χ0n) is 17.9. The molecule has 7 nitrogen and oxygen atoms in total. The Labute approximate surface area is 178 Å². The Balaban J connectivity index is 1.69. The van der Waals surface area contributed by atoms with Gasteiger partial charge in [0.2, 0.25) is 5.91 Å². The van der Waals surface area contributed by atoms with Gasteiger partial charge in [0.05, 0.1) is 7.11 Å². The third-order valence-electron chi connectivity index (χ3n) is 5.43. The average Bonchev–Trinajstić information content (AvgIpc) is 2.76. The lowest BCUT2D eigenvalue weighted by Crippen LogP contribution is -2.52. The van der Waals surface area contributed by atoms with Crippen molar-refractivity contribution in [3.63, 3.8) is 0 Å². The molecular weight excluding hydrogens is 380 g/mol. The molecule has 1 heterocycles. The topological polar surface area (TPSA) is 73.9 Å². The van der Waals surface area contributed by atoms with Crippen LogP contribution >= 0.6 is 0 Å². The first-order valence-electron chi connectivity index (χ1n) is 10.2. The summed E-state index contributed by atoms with van der Waals surface area (Å²) in [6.07, 6.45) is 0. The summed E-state index contributed by atoms with van der Waals surface area (Å²) in [7, 11) is 3.19. The number of nitrogens with zero attached hydrogens (tertiary/aromatic N) is 2. The summed E-state index contributed by atoms with van der Waals surface area (Å²) in [5.74, 6) is 0.588. The molecule has 30 heavy (non-hydrogen) atoms. The molecule has 0 radical (unpaired) electrons. The lowest BCUT2D eigenvalue weighted by Gasteiger charge is -2.38. The Morgan fingerprint density at radius 1 is 1.07 bits per heavy atom. The van der Waals surface area contributed by atoms with Crippen molar-refractivity contribution >= 4 is 11.9 Å². The van der Waals surface area contributed by atoms with Crippen LogP contribution in [0.15, 0.2) is 48.5 Å². The first-order chi connectivity index (χ1) is 14.5. The molecule has 0 aromatic heterocycles. The molecule has 2 N–H and O–H groups in total. The number of ether oxygens (including phenoxy) is 1. The number of hydrogen-bond acceptors (Lipinski definition) is 5. The monoisotopic (exact) mass is 410 g/mol. The number of piperazine rings is 1. The summed E-state index contributed by atoms with van der Waals surface area (Å²) in [5.41, 5.74) is 3.26. The first-order valence-corrected chi connectivity index (χ1v) is 10.2. The molecule has 0 spiro atoms.